The third-order valence-corrected chi connectivity index (χ3v) is 2.66. The maximum absolute atomic E-state index is 5.32. The van der Waals surface area contributed by atoms with Crippen molar-refractivity contribution in [2.24, 2.45) is 5.92 Å². The van der Waals surface area contributed by atoms with Crippen LogP contribution in [0.5, 0.6) is 0 Å². The Morgan fingerprint density at radius 2 is 2.18 bits per heavy atom. The van der Waals surface area contributed by atoms with Crippen LogP contribution in [0.1, 0.15) is 26.2 Å². The molecule has 1 aliphatic heterocycles. The Kier molecular flexibility index (Phi) is 3.87. The van der Waals surface area contributed by atoms with Gasteiger partial charge in [0.1, 0.15) is 0 Å². The highest BCUT2D eigenvalue weighted by atomic mass is 16.5. The molecule has 0 aliphatic carbocycles. The van der Waals surface area contributed by atoms with Crippen LogP contribution in [0.4, 0.5) is 0 Å². The third kappa shape index (κ3) is 2.80. The van der Waals surface area contributed by atoms with E-state index in [-0.39, 0.29) is 0 Å². The molecule has 1 rings (SSSR count). The molecule has 66 valence electrons. The molecule has 1 aliphatic rings. The van der Waals surface area contributed by atoms with Crippen molar-refractivity contribution in [3.8, 4) is 0 Å². The molecule has 11 heavy (non-hydrogen) atoms. The molecule has 0 amide bonds. The molecule has 2 atom stereocenters. The lowest BCUT2D eigenvalue weighted by atomic mass is 9.95. The molecule has 0 bridgehead atoms. The van der Waals surface area contributed by atoms with Crippen molar-refractivity contribution >= 4 is 0 Å². The molecule has 1 saturated heterocycles. The number of nitrogens with one attached hydrogen (secondary N) is 1. The van der Waals surface area contributed by atoms with Gasteiger partial charge in [0.25, 0.3) is 0 Å². The highest BCUT2D eigenvalue weighted by Crippen LogP contribution is 2.18. The van der Waals surface area contributed by atoms with Crippen molar-refractivity contribution in [2.75, 3.05) is 20.2 Å². The van der Waals surface area contributed by atoms with E-state index in [1.807, 2.05) is 7.11 Å². The van der Waals surface area contributed by atoms with Crippen LogP contribution in [-0.2, 0) is 4.74 Å². The van der Waals surface area contributed by atoms with Crippen LogP contribution in [0.3, 0.4) is 0 Å². The monoisotopic (exact) mass is 157 g/mol. The van der Waals surface area contributed by atoms with Crippen molar-refractivity contribution in [1.29, 1.82) is 0 Å². The van der Waals surface area contributed by atoms with Gasteiger partial charge in [-0.15, -0.1) is 0 Å². The number of hydrogen-bond acceptors (Lipinski definition) is 2. The molecule has 2 heteroatoms. The van der Waals surface area contributed by atoms with Crippen LogP contribution >= 0.6 is 0 Å². The van der Waals surface area contributed by atoms with Gasteiger partial charge in [-0.2, -0.15) is 0 Å². The zero-order valence-corrected chi connectivity index (χ0v) is 7.60. The van der Waals surface area contributed by atoms with Crippen molar-refractivity contribution in [3.63, 3.8) is 0 Å². The Morgan fingerprint density at radius 1 is 1.36 bits per heavy atom. The van der Waals surface area contributed by atoms with E-state index >= 15 is 0 Å². The van der Waals surface area contributed by atoms with E-state index in [0.717, 1.165) is 5.92 Å². The molecular weight excluding hydrogens is 138 g/mol. The number of rotatable bonds is 2. The molecule has 0 radical (unpaired) electrons. The van der Waals surface area contributed by atoms with Gasteiger partial charge in [-0.25, -0.2) is 0 Å². The summed E-state index contributed by atoms with van der Waals surface area (Å²) in [4.78, 5) is 0. The molecule has 1 N–H and O–H groups in total. The lowest BCUT2D eigenvalue weighted by Crippen LogP contribution is -2.21. The quantitative estimate of drug-likeness (QED) is 0.654. The highest BCUT2D eigenvalue weighted by Gasteiger charge is 2.17. The number of methoxy groups -OCH3 is 1. The SMILES string of the molecule is COC(C)C1CCCNCC1. The summed E-state index contributed by atoms with van der Waals surface area (Å²) in [5, 5.41) is 3.40. The second kappa shape index (κ2) is 4.73. The Balaban J connectivity index is 2.30. The number of hydrogen-bond donors (Lipinski definition) is 1. The van der Waals surface area contributed by atoms with Gasteiger partial charge in [-0.3, -0.25) is 0 Å². The van der Waals surface area contributed by atoms with Gasteiger partial charge < -0.3 is 10.1 Å². The molecule has 0 spiro atoms. The standard InChI is InChI=1S/C9H19NO/c1-8(11-2)9-4-3-6-10-7-5-9/h8-10H,3-7H2,1-2H3. The van der Waals surface area contributed by atoms with Crippen molar-refractivity contribution in [3.05, 3.63) is 0 Å². The van der Waals surface area contributed by atoms with Gasteiger partial charge >= 0.3 is 0 Å². The van der Waals surface area contributed by atoms with Crippen LogP contribution in [0.25, 0.3) is 0 Å². The van der Waals surface area contributed by atoms with Crippen LogP contribution < -0.4 is 5.32 Å². The second-order valence-corrected chi connectivity index (χ2v) is 3.38. The Bertz CT molecular complexity index is 97.7. The Labute approximate surface area is 69.3 Å². The average molecular weight is 157 g/mol. The predicted octanol–water partition coefficient (Wildman–Crippen LogP) is 1.41. The molecule has 2 nitrogen and oxygen atoms in total. The van der Waals surface area contributed by atoms with Crippen LogP contribution in [0.2, 0.25) is 0 Å². The highest BCUT2D eigenvalue weighted by molar-refractivity contribution is 4.71. The van der Waals surface area contributed by atoms with Crippen LogP contribution in [0.15, 0.2) is 0 Å². The molecule has 1 fully saturated rings. The topological polar surface area (TPSA) is 21.3 Å². The van der Waals surface area contributed by atoms with Gasteiger partial charge in [0.2, 0.25) is 0 Å². The van der Waals surface area contributed by atoms with E-state index in [4.69, 9.17) is 4.74 Å². The van der Waals surface area contributed by atoms with Crippen LogP contribution in [-0.4, -0.2) is 26.3 Å². The largest absolute Gasteiger partial charge is 0.381 e. The molecule has 1 heterocycles. The minimum atomic E-state index is 0.440. The van der Waals surface area contributed by atoms with E-state index in [1.165, 1.54) is 32.4 Å². The van der Waals surface area contributed by atoms with Crippen LogP contribution in [0, 0.1) is 5.92 Å². The van der Waals surface area contributed by atoms with E-state index in [9.17, 15) is 0 Å². The van der Waals surface area contributed by atoms with E-state index < -0.39 is 0 Å². The molecule has 0 aromatic carbocycles. The first-order chi connectivity index (χ1) is 5.34. The summed E-state index contributed by atoms with van der Waals surface area (Å²) < 4.78 is 5.32. The first-order valence-corrected chi connectivity index (χ1v) is 4.58. The fourth-order valence-corrected chi connectivity index (χ4v) is 1.71. The minimum absolute atomic E-state index is 0.440. The molecular formula is C9H19NO. The first-order valence-electron chi connectivity index (χ1n) is 4.58. The van der Waals surface area contributed by atoms with Gasteiger partial charge in [0, 0.05) is 7.11 Å². The van der Waals surface area contributed by atoms with Gasteiger partial charge in [0.15, 0.2) is 0 Å². The van der Waals surface area contributed by atoms with Gasteiger partial charge in [-0.1, -0.05) is 0 Å². The van der Waals surface area contributed by atoms with Gasteiger partial charge in [0.05, 0.1) is 6.10 Å². The van der Waals surface area contributed by atoms with Crippen molar-refractivity contribution < 1.29 is 4.74 Å². The van der Waals surface area contributed by atoms with Gasteiger partial charge in [-0.05, 0) is 45.2 Å². The smallest absolute Gasteiger partial charge is 0.0571 e. The van der Waals surface area contributed by atoms with E-state index in [2.05, 4.69) is 12.2 Å². The summed E-state index contributed by atoms with van der Waals surface area (Å²) in [6.45, 7) is 4.53. The second-order valence-electron chi connectivity index (χ2n) is 3.38. The zero-order valence-electron chi connectivity index (χ0n) is 7.60. The fourth-order valence-electron chi connectivity index (χ4n) is 1.71. The van der Waals surface area contributed by atoms with Crippen molar-refractivity contribution in [1.82, 2.24) is 5.32 Å². The summed E-state index contributed by atoms with van der Waals surface area (Å²) >= 11 is 0. The van der Waals surface area contributed by atoms with E-state index in [0.29, 0.717) is 6.10 Å². The first kappa shape index (κ1) is 9.01. The number of ether oxygens (including phenoxy) is 1. The fraction of sp³-hybridized carbons (Fsp3) is 1.00. The third-order valence-electron chi connectivity index (χ3n) is 2.66. The minimum Gasteiger partial charge on any atom is -0.381 e. The van der Waals surface area contributed by atoms with Crippen molar-refractivity contribution in [2.45, 2.75) is 32.3 Å². The lowest BCUT2D eigenvalue weighted by molar-refractivity contribution is 0.0617. The summed E-state index contributed by atoms with van der Waals surface area (Å²) in [7, 11) is 1.81. The average Bonchev–Trinajstić information content (AvgIpc) is 2.30. The summed E-state index contributed by atoms with van der Waals surface area (Å²) in [5.74, 6) is 0.773. The summed E-state index contributed by atoms with van der Waals surface area (Å²) in [6, 6.07) is 0. The normalized spacial score (nSPS) is 29.5. The predicted molar refractivity (Wildman–Crippen MR) is 46.7 cm³/mol. The maximum Gasteiger partial charge on any atom is 0.0571 e. The molecule has 2 unspecified atom stereocenters. The summed E-state index contributed by atoms with van der Waals surface area (Å²) in [5.41, 5.74) is 0. The zero-order chi connectivity index (χ0) is 8.10. The summed E-state index contributed by atoms with van der Waals surface area (Å²) in [6.07, 6.45) is 4.34. The lowest BCUT2D eigenvalue weighted by Gasteiger charge is -2.20. The Morgan fingerprint density at radius 3 is 2.91 bits per heavy atom. The van der Waals surface area contributed by atoms with E-state index in [1.54, 1.807) is 0 Å². The molecule has 0 aromatic rings. The molecule has 0 aromatic heterocycles. The maximum atomic E-state index is 5.32. The molecule has 0 saturated carbocycles. The Hall–Kier alpha value is -0.0800.